The van der Waals surface area contributed by atoms with Crippen LogP contribution in [-0.2, 0) is 6.54 Å². The van der Waals surface area contributed by atoms with Gasteiger partial charge in [-0.3, -0.25) is 0 Å². The third-order valence-corrected chi connectivity index (χ3v) is 4.33. The maximum atomic E-state index is 13.8. The quantitative estimate of drug-likeness (QED) is 0.557. The first-order valence-electron chi connectivity index (χ1n) is 8.08. The standard InChI is InChI=1S/C18H18FN5OS/c19-14-6-2-1-5-13(14)15-12-26-17(24-15)11-23-18(25)22-10-9-21-16-7-3-4-8-20-16/h1-8,12H,9-11H2,(H,20,21)(H2,22,23,25). The number of hydrogen-bond acceptors (Lipinski definition) is 5. The average molecular weight is 371 g/mol. The summed E-state index contributed by atoms with van der Waals surface area (Å²) in [5.74, 6) is 0.452. The molecular formula is C18H18FN5OS. The molecule has 0 fully saturated rings. The summed E-state index contributed by atoms with van der Waals surface area (Å²) in [6, 6.07) is 11.8. The topological polar surface area (TPSA) is 78.9 Å². The molecule has 0 aliphatic heterocycles. The molecule has 3 rings (SSSR count). The molecule has 3 N–H and O–H groups in total. The number of hydrogen-bond donors (Lipinski definition) is 3. The van der Waals surface area contributed by atoms with Crippen LogP contribution in [0.3, 0.4) is 0 Å². The molecule has 0 atom stereocenters. The molecule has 0 radical (unpaired) electrons. The Morgan fingerprint density at radius 2 is 1.92 bits per heavy atom. The minimum absolute atomic E-state index is 0.282. The lowest BCUT2D eigenvalue weighted by Gasteiger charge is -2.08. The third kappa shape index (κ3) is 5.00. The zero-order valence-corrected chi connectivity index (χ0v) is 14.7. The molecule has 6 nitrogen and oxygen atoms in total. The fraction of sp³-hybridized carbons (Fsp3) is 0.167. The Labute approximate surface area is 154 Å². The Bertz CT molecular complexity index is 856. The van der Waals surface area contributed by atoms with Gasteiger partial charge in [0.2, 0.25) is 0 Å². The van der Waals surface area contributed by atoms with Crippen molar-refractivity contribution >= 4 is 23.2 Å². The number of pyridine rings is 1. The van der Waals surface area contributed by atoms with E-state index < -0.39 is 0 Å². The maximum Gasteiger partial charge on any atom is 0.315 e. The molecule has 0 bridgehead atoms. The number of urea groups is 1. The van der Waals surface area contributed by atoms with Crippen molar-refractivity contribution in [1.82, 2.24) is 20.6 Å². The summed E-state index contributed by atoms with van der Waals surface area (Å²) in [6.45, 7) is 1.32. The van der Waals surface area contributed by atoms with Gasteiger partial charge in [-0.25, -0.2) is 19.2 Å². The van der Waals surface area contributed by atoms with E-state index in [0.29, 0.717) is 35.9 Å². The van der Waals surface area contributed by atoms with Gasteiger partial charge in [0, 0.05) is 30.2 Å². The minimum Gasteiger partial charge on any atom is -0.368 e. The highest BCUT2D eigenvalue weighted by Gasteiger charge is 2.09. The van der Waals surface area contributed by atoms with Gasteiger partial charge >= 0.3 is 6.03 Å². The molecule has 8 heteroatoms. The average Bonchev–Trinajstić information content (AvgIpc) is 3.13. The van der Waals surface area contributed by atoms with E-state index in [4.69, 9.17) is 0 Å². The van der Waals surface area contributed by atoms with Crippen molar-refractivity contribution < 1.29 is 9.18 Å². The minimum atomic E-state index is -0.310. The Kier molecular flexibility index (Phi) is 6.10. The highest BCUT2D eigenvalue weighted by atomic mass is 32.1. The molecule has 1 aromatic carbocycles. The second-order valence-corrected chi connectivity index (χ2v) is 6.30. The summed E-state index contributed by atoms with van der Waals surface area (Å²) in [6.07, 6.45) is 1.70. The zero-order valence-electron chi connectivity index (χ0n) is 13.9. The number of nitrogens with one attached hydrogen (secondary N) is 3. The number of thiazole rings is 1. The third-order valence-electron chi connectivity index (χ3n) is 3.48. The highest BCUT2D eigenvalue weighted by Crippen LogP contribution is 2.24. The highest BCUT2D eigenvalue weighted by molar-refractivity contribution is 7.09. The monoisotopic (exact) mass is 371 g/mol. The number of halogens is 1. The van der Waals surface area contributed by atoms with Crippen LogP contribution in [0.1, 0.15) is 5.01 Å². The van der Waals surface area contributed by atoms with Crippen molar-refractivity contribution in [3.63, 3.8) is 0 Å². The smallest absolute Gasteiger partial charge is 0.315 e. The van der Waals surface area contributed by atoms with E-state index in [1.807, 2.05) is 18.2 Å². The van der Waals surface area contributed by atoms with Crippen LogP contribution in [0.25, 0.3) is 11.3 Å². The van der Waals surface area contributed by atoms with Crippen molar-refractivity contribution in [3.05, 3.63) is 64.9 Å². The van der Waals surface area contributed by atoms with Crippen molar-refractivity contribution in [2.45, 2.75) is 6.54 Å². The summed E-state index contributed by atoms with van der Waals surface area (Å²) < 4.78 is 13.8. The van der Waals surface area contributed by atoms with Gasteiger partial charge in [0.05, 0.1) is 12.2 Å². The van der Waals surface area contributed by atoms with Crippen LogP contribution >= 0.6 is 11.3 Å². The first-order valence-corrected chi connectivity index (χ1v) is 8.96. The van der Waals surface area contributed by atoms with Gasteiger partial charge in [0.25, 0.3) is 0 Å². The summed E-state index contributed by atoms with van der Waals surface area (Å²) in [5, 5.41) is 11.1. The first-order chi connectivity index (χ1) is 12.7. The SMILES string of the molecule is O=C(NCCNc1ccccn1)NCc1nc(-c2ccccc2F)cs1. The van der Waals surface area contributed by atoms with E-state index in [1.54, 1.807) is 29.8 Å². The number of carbonyl (C=O) groups is 1. The van der Waals surface area contributed by atoms with Gasteiger partial charge in [-0.2, -0.15) is 0 Å². The van der Waals surface area contributed by atoms with Crippen LogP contribution in [0.5, 0.6) is 0 Å². The fourth-order valence-corrected chi connectivity index (χ4v) is 2.97. The number of rotatable bonds is 7. The Hall–Kier alpha value is -3.00. The summed E-state index contributed by atoms with van der Waals surface area (Å²) >= 11 is 1.38. The largest absolute Gasteiger partial charge is 0.368 e. The number of benzene rings is 1. The van der Waals surface area contributed by atoms with Gasteiger partial charge in [-0.1, -0.05) is 18.2 Å². The molecule has 0 saturated heterocycles. The zero-order chi connectivity index (χ0) is 18.2. The van der Waals surface area contributed by atoms with Gasteiger partial charge in [-0.15, -0.1) is 11.3 Å². The van der Waals surface area contributed by atoms with Crippen molar-refractivity contribution in [2.24, 2.45) is 0 Å². The van der Waals surface area contributed by atoms with E-state index in [0.717, 1.165) is 5.82 Å². The molecule has 2 aromatic heterocycles. The lowest BCUT2D eigenvalue weighted by Crippen LogP contribution is -2.37. The lowest BCUT2D eigenvalue weighted by molar-refractivity contribution is 0.241. The predicted octanol–water partition coefficient (Wildman–Crippen LogP) is 3.26. The van der Waals surface area contributed by atoms with Crippen LogP contribution in [0, 0.1) is 5.82 Å². The molecule has 0 aliphatic carbocycles. The molecule has 0 aliphatic rings. The van der Waals surface area contributed by atoms with Gasteiger partial charge in [0.15, 0.2) is 0 Å². The maximum absolute atomic E-state index is 13.8. The summed E-state index contributed by atoms with van der Waals surface area (Å²) in [7, 11) is 0. The molecule has 0 spiro atoms. The van der Waals surface area contributed by atoms with Gasteiger partial charge in [-0.05, 0) is 24.3 Å². The van der Waals surface area contributed by atoms with Crippen LogP contribution in [0.15, 0.2) is 54.0 Å². The van der Waals surface area contributed by atoms with E-state index in [2.05, 4.69) is 25.9 Å². The molecule has 3 aromatic rings. The molecule has 26 heavy (non-hydrogen) atoms. The Balaban J connectivity index is 1.40. The number of nitrogens with zero attached hydrogens (tertiary/aromatic N) is 2. The van der Waals surface area contributed by atoms with Crippen molar-refractivity contribution in [3.8, 4) is 11.3 Å². The molecular weight excluding hydrogens is 353 g/mol. The molecule has 0 unspecified atom stereocenters. The van der Waals surface area contributed by atoms with Crippen molar-refractivity contribution in [2.75, 3.05) is 18.4 Å². The normalized spacial score (nSPS) is 10.3. The molecule has 0 saturated carbocycles. The number of carbonyl (C=O) groups excluding carboxylic acids is 1. The Morgan fingerprint density at radius 3 is 2.73 bits per heavy atom. The second kappa shape index (κ2) is 8.91. The predicted molar refractivity (Wildman–Crippen MR) is 100 cm³/mol. The van der Waals surface area contributed by atoms with Crippen LogP contribution in [-0.4, -0.2) is 29.1 Å². The van der Waals surface area contributed by atoms with Crippen molar-refractivity contribution in [1.29, 1.82) is 0 Å². The number of anilines is 1. The van der Waals surface area contributed by atoms with Crippen LogP contribution < -0.4 is 16.0 Å². The lowest BCUT2D eigenvalue weighted by atomic mass is 10.2. The molecule has 2 amide bonds. The summed E-state index contributed by atoms with van der Waals surface area (Å²) in [4.78, 5) is 20.3. The first kappa shape index (κ1) is 17.8. The number of aromatic nitrogens is 2. The number of amides is 2. The van der Waals surface area contributed by atoms with E-state index >= 15 is 0 Å². The fourth-order valence-electron chi connectivity index (χ4n) is 2.24. The molecule has 2 heterocycles. The van der Waals surface area contributed by atoms with Crippen LogP contribution in [0.4, 0.5) is 15.0 Å². The van der Waals surface area contributed by atoms with Gasteiger partial charge in [0.1, 0.15) is 16.6 Å². The van der Waals surface area contributed by atoms with E-state index in [9.17, 15) is 9.18 Å². The molecule has 134 valence electrons. The van der Waals surface area contributed by atoms with Gasteiger partial charge < -0.3 is 16.0 Å². The van der Waals surface area contributed by atoms with Crippen LogP contribution in [0.2, 0.25) is 0 Å². The Morgan fingerprint density at radius 1 is 1.08 bits per heavy atom. The van der Waals surface area contributed by atoms with E-state index in [-0.39, 0.29) is 11.8 Å². The second-order valence-electron chi connectivity index (χ2n) is 5.36. The van der Waals surface area contributed by atoms with E-state index in [1.165, 1.54) is 17.4 Å². The summed E-state index contributed by atoms with van der Waals surface area (Å²) in [5.41, 5.74) is 1.03.